The SMILES string of the molecule is CCOC(=O)CN(C)CC(O)COCc1ccccc1. The molecule has 0 aliphatic rings. The van der Waals surface area contributed by atoms with Gasteiger partial charge in [0.05, 0.1) is 32.5 Å². The van der Waals surface area contributed by atoms with Crippen LogP contribution in [0.25, 0.3) is 0 Å². The predicted molar refractivity (Wildman–Crippen MR) is 76.2 cm³/mol. The fraction of sp³-hybridized carbons (Fsp3) is 0.533. The third-order valence-electron chi connectivity index (χ3n) is 2.65. The standard InChI is InChI=1S/C15H23NO4/c1-3-20-15(18)10-16(2)9-14(17)12-19-11-13-7-5-4-6-8-13/h4-8,14,17H,3,9-12H2,1-2H3. The van der Waals surface area contributed by atoms with Crippen LogP contribution >= 0.6 is 0 Å². The summed E-state index contributed by atoms with van der Waals surface area (Å²) in [6.07, 6.45) is -0.627. The van der Waals surface area contributed by atoms with E-state index in [1.54, 1.807) is 18.9 Å². The van der Waals surface area contributed by atoms with Gasteiger partial charge in [0.1, 0.15) is 0 Å². The largest absolute Gasteiger partial charge is 0.465 e. The zero-order valence-electron chi connectivity index (χ0n) is 12.1. The molecule has 1 atom stereocenters. The summed E-state index contributed by atoms with van der Waals surface area (Å²) in [6.45, 7) is 3.39. The summed E-state index contributed by atoms with van der Waals surface area (Å²) in [5.74, 6) is -0.285. The van der Waals surface area contributed by atoms with Crippen molar-refractivity contribution in [1.82, 2.24) is 4.90 Å². The number of benzene rings is 1. The first-order valence-corrected chi connectivity index (χ1v) is 6.75. The molecule has 0 saturated heterocycles. The van der Waals surface area contributed by atoms with Crippen molar-refractivity contribution in [3.8, 4) is 0 Å². The molecule has 1 unspecified atom stereocenters. The zero-order valence-corrected chi connectivity index (χ0v) is 12.1. The second-order valence-corrected chi connectivity index (χ2v) is 4.66. The Kier molecular flexibility index (Phi) is 7.87. The number of hydrogen-bond donors (Lipinski definition) is 1. The Morgan fingerprint density at radius 2 is 2.05 bits per heavy atom. The van der Waals surface area contributed by atoms with Crippen molar-refractivity contribution < 1.29 is 19.4 Å². The van der Waals surface area contributed by atoms with Crippen LogP contribution in [0.1, 0.15) is 12.5 Å². The highest BCUT2D eigenvalue weighted by Crippen LogP contribution is 2.01. The first kappa shape index (κ1) is 16.6. The number of hydrogen-bond acceptors (Lipinski definition) is 5. The normalized spacial score (nSPS) is 12.4. The van der Waals surface area contributed by atoms with E-state index < -0.39 is 6.10 Å². The molecule has 112 valence electrons. The summed E-state index contributed by atoms with van der Waals surface area (Å²) < 4.78 is 10.3. The average Bonchev–Trinajstić information content (AvgIpc) is 2.39. The number of aliphatic hydroxyl groups excluding tert-OH is 1. The lowest BCUT2D eigenvalue weighted by Gasteiger charge is -2.19. The summed E-state index contributed by atoms with van der Waals surface area (Å²) >= 11 is 0. The fourth-order valence-electron chi connectivity index (χ4n) is 1.79. The first-order valence-electron chi connectivity index (χ1n) is 6.75. The van der Waals surface area contributed by atoms with Crippen molar-refractivity contribution in [2.24, 2.45) is 0 Å². The molecule has 0 radical (unpaired) electrons. The average molecular weight is 281 g/mol. The van der Waals surface area contributed by atoms with E-state index in [4.69, 9.17) is 9.47 Å². The van der Waals surface area contributed by atoms with Crippen molar-refractivity contribution in [1.29, 1.82) is 0 Å². The van der Waals surface area contributed by atoms with Crippen molar-refractivity contribution >= 4 is 5.97 Å². The molecule has 20 heavy (non-hydrogen) atoms. The van der Waals surface area contributed by atoms with E-state index >= 15 is 0 Å². The third kappa shape index (κ3) is 7.23. The van der Waals surface area contributed by atoms with E-state index in [1.807, 2.05) is 30.3 Å². The quantitative estimate of drug-likeness (QED) is 0.686. The van der Waals surface area contributed by atoms with Gasteiger partial charge in [-0.05, 0) is 19.5 Å². The molecule has 0 aliphatic heterocycles. The lowest BCUT2D eigenvalue weighted by atomic mass is 10.2. The molecular weight excluding hydrogens is 258 g/mol. The lowest BCUT2D eigenvalue weighted by molar-refractivity contribution is -0.144. The molecular formula is C15H23NO4. The van der Waals surface area contributed by atoms with Gasteiger partial charge in [0.2, 0.25) is 0 Å². The lowest BCUT2D eigenvalue weighted by Crippen LogP contribution is -2.36. The molecule has 0 spiro atoms. The molecule has 0 bridgehead atoms. The molecule has 0 saturated carbocycles. The highest BCUT2D eigenvalue weighted by Gasteiger charge is 2.12. The van der Waals surface area contributed by atoms with E-state index in [0.717, 1.165) is 5.56 Å². The summed E-state index contributed by atoms with van der Waals surface area (Å²) in [6, 6.07) is 9.78. The Morgan fingerprint density at radius 1 is 1.35 bits per heavy atom. The summed E-state index contributed by atoms with van der Waals surface area (Å²) in [7, 11) is 1.76. The Balaban J connectivity index is 2.16. The Bertz CT molecular complexity index is 383. The number of likely N-dealkylation sites (N-methyl/N-ethyl adjacent to an activating group) is 1. The van der Waals surface area contributed by atoms with Crippen LogP contribution in [0.4, 0.5) is 0 Å². The van der Waals surface area contributed by atoms with Crippen LogP contribution in [0.2, 0.25) is 0 Å². The number of aliphatic hydroxyl groups is 1. The van der Waals surface area contributed by atoms with Crippen molar-refractivity contribution in [2.45, 2.75) is 19.6 Å². The van der Waals surface area contributed by atoms with Gasteiger partial charge in [0, 0.05) is 6.54 Å². The molecule has 1 aromatic carbocycles. The van der Waals surface area contributed by atoms with Gasteiger partial charge >= 0.3 is 5.97 Å². The molecule has 5 nitrogen and oxygen atoms in total. The monoisotopic (exact) mass is 281 g/mol. The maximum absolute atomic E-state index is 11.3. The zero-order chi connectivity index (χ0) is 14.8. The van der Waals surface area contributed by atoms with Gasteiger partial charge in [-0.2, -0.15) is 0 Å². The second kappa shape index (κ2) is 9.47. The molecule has 0 amide bonds. The van der Waals surface area contributed by atoms with Gasteiger partial charge in [-0.3, -0.25) is 9.69 Å². The number of esters is 1. The summed E-state index contributed by atoms with van der Waals surface area (Å²) in [4.78, 5) is 13.0. The Hall–Kier alpha value is -1.43. The summed E-state index contributed by atoms with van der Waals surface area (Å²) in [5, 5.41) is 9.82. The molecule has 0 heterocycles. The molecule has 1 aromatic rings. The van der Waals surface area contributed by atoms with Crippen LogP contribution < -0.4 is 0 Å². The number of rotatable bonds is 9. The fourth-order valence-corrected chi connectivity index (χ4v) is 1.79. The minimum atomic E-state index is -0.627. The van der Waals surface area contributed by atoms with Gasteiger partial charge in [-0.15, -0.1) is 0 Å². The highest BCUT2D eigenvalue weighted by atomic mass is 16.5. The minimum absolute atomic E-state index is 0.170. The molecule has 0 aromatic heterocycles. The number of nitrogens with zero attached hydrogens (tertiary/aromatic N) is 1. The Morgan fingerprint density at radius 3 is 2.70 bits per heavy atom. The van der Waals surface area contributed by atoms with E-state index in [2.05, 4.69) is 0 Å². The van der Waals surface area contributed by atoms with Crippen LogP contribution in [0.3, 0.4) is 0 Å². The molecule has 5 heteroatoms. The van der Waals surface area contributed by atoms with Crippen LogP contribution in [0.5, 0.6) is 0 Å². The number of carbonyl (C=O) groups excluding carboxylic acids is 1. The number of ether oxygens (including phenoxy) is 2. The van der Waals surface area contributed by atoms with Crippen LogP contribution in [0, 0.1) is 0 Å². The van der Waals surface area contributed by atoms with Gasteiger partial charge < -0.3 is 14.6 Å². The van der Waals surface area contributed by atoms with Crippen LogP contribution in [0.15, 0.2) is 30.3 Å². The third-order valence-corrected chi connectivity index (χ3v) is 2.65. The van der Waals surface area contributed by atoms with E-state index in [9.17, 15) is 9.90 Å². The van der Waals surface area contributed by atoms with Crippen molar-refractivity contribution in [3.63, 3.8) is 0 Å². The molecule has 1 N–H and O–H groups in total. The van der Waals surface area contributed by atoms with Crippen molar-refractivity contribution in [3.05, 3.63) is 35.9 Å². The van der Waals surface area contributed by atoms with Gasteiger partial charge in [0.15, 0.2) is 0 Å². The Labute approximate surface area is 120 Å². The first-order chi connectivity index (χ1) is 9.61. The van der Waals surface area contributed by atoms with E-state index in [-0.39, 0.29) is 19.1 Å². The van der Waals surface area contributed by atoms with E-state index in [0.29, 0.717) is 19.8 Å². The smallest absolute Gasteiger partial charge is 0.320 e. The van der Waals surface area contributed by atoms with Crippen LogP contribution in [-0.2, 0) is 20.9 Å². The van der Waals surface area contributed by atoms with E-state index in [1.165, 1.54) is 0 Å². The second-order valence-electron chi connectivity index (χ2n) is 4.66. The van der Waals surface area contributed by atoms with Gasteiger partial charge in [-0.25, -0.2) is 0 Å². The highest BCUT2D eigenvalue weighted by molar-refractivity contribution is 5.71. The summed E-state index contributed by atoms with van der Waals surface area (Å²) in [5.41, 5.74) is 1.07. The molecule has 1 rings (SSSR count). The maximum Gasteiger partial charge on any atom is 0.320 e. The van der Waals surface area contributed by atoms with Crippen molar-refractivity contribution in [2.75, 3.05) is 33.4 Å². The molecule has 0 fully saturated rings. The molecule has 0 aliphatic carbocycles. The van der Waals surface area contributed by atoms with Crippen LogP contribution in [-0.4, -0.2) is 55.4 Å². The maximum atomic E-state index is 11.3. The number of carbonyl (C=O) groups is 1. The predicted octanol–water partition coefficient (Wildman–Crippen LogP) is 1.06. The minimum Gasteiger partial charge on any atom is -0.465 e. The van der Waals surface area contributed by atoms with Gasteiger partial charge in [0.25, 0.3) is 0 Å². The topological polar surface area (TPSA) is 59.0 Å². The van der Waals surface area contributed by atoms with Gasteiger partial charge in [-0.1, -0.05) is 30.3 Å².